The Bertz CT molecular complexity index is 1260. The van der Waals surface area contributed by atoms with E-state index in [0.29, 0.717) is 18.3 Å². The summed E-state index contributed by atoms with van der Waals surface area (Å²) in [5.41, 5.74) is 3.86. The van der Waals surface area contributed by atoms with Crippen molar-refractivity contribution >= 4 is 22.6 Å². The van der Waals surface area contributed by atoms with Crippen molar-refractivity contribution in [2.75, 3.05) is 31.6 Å². The number of carbonyl (C=O) groups excluding carboxylic acids is 1. The van der Waals surface area contributed by atoms with E-state index < -0.39 is 5.91 Å². The molecule has 10 heteroatoms. The summed E-state index contributed by atoms with van der Waals surface area (Å²) in [6.07, 6.45) is 9.85. The Morgan fingerprint density at radius 2 is 2.09 bits per heavy atom. The van der Waals surface area contributed by atoms with Gasteiger partial charge in [-0.1, -0.05) is 0 Å². The third-order valence-corrected chi connectivity index (χ3v) is 6.04. The molecule has 0 unspecified atom stereocenters. The van der Waals surface area contributed by atoms with Crippen LogP contribution in [0, 0.1) is 0 Å². The molecule has 0 bridgehead atoms. The molecule has 0 saturated carbocycles. The van der Waals surface area contributed by atoms with E-state index in [4.69, 9.17) is 9.40 Å². The number of halogens is 1. The van der Waals surface area contributed by atoms with Gasteiger partial charge in [-0.3, -0.25) is 9.48 Å². The summed E-state index contributed by atoms with van der Waals surface area (Å²) in [4.78, 5) is 27.7. The second-order valence-corrected chi connectivity index (χ2v) is 8.22. The molecular weight excluding hydrogens is 425 g/mol. The van der Waals surface area contributed by atoms with Gasteiger partial charge in [-0.05, 0) is 43.5 Å². The lowest BCUT2D eigenvalue weighted by molar-refractivity contribution is 0.102. The number of hydrogen-bond donors (Lipinski definition) is 1. The van der Waals surface area contributed by atoms with Gasteiger partial charge in [0.25, 0.3) is 5.91 Å². The van der Waals surface area contributed by atoms with E-state index in [2.05, 4.69) is 31.3 Å². The van der Waals surface area contributed by atoms with Crippen molar-refractivity contribution in [1.29, 1.82) is 0 Å². The predicted molar refractivity (Wildman–Crippen MR) is 121 cm³/mol. The maximum atomic E-state index is 12.7. The fraction of sp³-hybridized carbons (Fsp3) is 0.348. The van der Waals surface area contributed by atoms with Crippen LogP contribution in [0.25, 0.3) is 22.2 Å². The highest BCUT2D eigenvalue weighted by Gasteiger charge is 2.25. The Labute approximate surface area is 189 Å². The number of likely N-dealkylation sites (tertiary alicyclic amines) is 1. The number of aromatic nitrogens is 5. The molecule has 170 valence electrons. The molecule has 1 saturated heterocycles. The minimum absolute atomic E-state index is 0.176. The summed E-state index contributed by atoms with van der Waals surface area (Å²) in [7, 11) is 1.88. The number of aryl methyl sites for hydroxylation is 1. The van der Waals surface area contributed by atoms with Crippen LogP contribution in [0.2, 0.25) is 0 Å². The number of oxazole rings is 1. The molecule has 1 fully saturated rings. The summed E-state index contributed by atoms with van der Waals surface area (Å²) < 4.78 is 19.4. The van der Waals surface area contributed by atoms with Gasteiger partial charge in [-0.25, -0.2) is 19.3 Å². The average molecular weight is 449 g/mol. The number of rotatable bonds is 6. The molecule has 0 atom stereocenters. The Morgan fingerprint density at radius 1 is 1.24 bits per heavy atom. The predicted octanol–water partition coefficient (Wildman–Crippen LogP) is 3.42. The van der Waals surface area contributed by atoms with Crippen molar-refractivity contribution in [3.8, 4) is 11.3 Å². The van der Waals surface area contributed by atoms with E-state index in [-0.39, 0.29) is 12.4 Å². The first-order valence-electron chi connectivity index (χ1n) is 10.9. The molecule has 0 aliphatic carbocycles. The lowest BCUT2D eigenvalue weighted by atomic mass is 9.86. The van der Waals surface area contributed by atoms with Gasteiger partial charge in [0.1, 0.15) is 18.8 Å². The Morgan fingerprint density at radius 3 is 2.79 bits per heavy atom. The van der Waals surface area contributed by atoms with Crippen LogP contribution < -0.4 is 5.32 Å². The molecule has 33 heavy (non-hydrogen) atoms. The van der Waals surface area contributed by atoms with Gasteiger partial charge in [0.15, 0.2) is 12.1 Å². The Hall–Kier alpha value is -3.66. The van der Waals surface area contributed by atoms with Crippen molar-refractivity contribution in [2.45, 2.75) is 18.8 Å². The second kappa shape index (κ2) is 9.07. The highest BCUT2D eigenvalue weighted by molar-refractivity contribution is 6.02. The van der Waals surface area contributed by atoms with Gasteiger partial charge in [0, 0.05) is 43.0 Å². The number of fused-ring (bicyclic) bond motifs is 1. The molecule has 1 amide bonds. The highest BCUT2D eigenvalue weighted by Crippen LogP contribution is 2.36. The minimum Gasteiger partial charge on any atom is -0.451 e. The standard InChI is InChI=1S/C23H24FN7O2/c1-30-12-17(11-27-30)22-18(15-2-5-31(6-3-15)7-4-24)8-16-10-25-21(9-19(16)28-22)29-23(32)20-13-33-14-26-20/h8-15H,2-7H2,1H3,(H,25,29,32). The maximum absolute atomic E-state index is 12.7. The smallest absolute Gasteiger partial charge is 0.278 e. The van der Waals surface area contributed by atoms with Crippen molar-refractivity contribution in [3.63, 3.8) is 0 Å². The molecule has 5 heterocycles. The van der Waals surface area contributed by atoms with Gasteiger partial charge in [-0.15, -0.1) is 0 Å². The number of piperidine rings is 1. The van der Waals surface area contributed by atoms with E-state index in [0.717, 1.165) is 53.7 Å². The van der Waals surface area contributed by atoms with Gasteiger partial charge in [-0.2, -0.15) is 5.10 Å². The zero-order valence-electron chi connectivity index (χ0n) is 18.2. The molecular formula is C23H24FN7O2. The average Bonchev–Trinajstić information content (AvgIpc) is 3.51. The van der Waals surface area contributed by atoms with Crippen LogP contribution in [0.15, 0.2) is 47.8 Å². The number of nitrogens with one attached hydrogen (secondary N) is 1. The molecule has 0 aromatic carbocycles. The normalized spacial score (nSPS) is 15.2. The third kappa shape index (κ3) is 4.47. The summed E-state index contributed by atoms with van der Waals surface area (Å²) in [5.74, 6) is 0.298. The van der Waals surface area contributed by atoms with Crippen LogP contribution in [-0.4, -0.2) is 61.8 Å². The molecule has 9 nitrogen and oxygen atoms in total. The van der Waals surface area contributed by atoms with Crippen molar-refractivity contribution in [2.24, 2.45) is 7.05 Å². The van der Waals surface area contributed by atoms with E-state index >= 15 is 0 Å². The number of alkyl halides is 1. The van der Waals surface area contributed by atoms with Crippen molar-refractivity contribution in [3.05, 3.63) is 54.6 Å². The zero-order chi connectivity index (χ0) is 22.8. The van der Waals surface area contributed by atoms with E-state index in [1.54, 1.807) is 16.9 Å². The fourth-order valence-electron chi connectivity index (χ4n) is 4.33. The summed E-state index contributed by atoms with van der Waals surface area (Å²) in [5, 5.41) is 7.94. The molecule has 1 aliphatic rings. The van der Waals surface area contributed by atoms with Gasteiger partial charge in [0.05, 0.1) is 17.4 Å². The minimum atomic E-state index is -0.403. The summed E-state index contributed by atoms with van der Waals surface area (Å²) in [6, 6.07) is 3.89. The monoisotopic (exact) mass is 449 g/mol. The quantitative estimate of drug-likeness (QED) is 0.481. The SMILES string of the molecule is Cn1cc(-c2nc3cc(NC(=O)c4cocn4)ncc3cc2C2CCN(CCF)CC2)cn1. The van der Waals surface area contributed by atoms with E-state index in [1.165, 1.54) is 12.7 Å². The maximum Gasteiger partial charge on any atom is 0.278 e. The number of anilines is 1. The first-order valence-corrected chi connectivity index (χ1v) is 10.9. The van der Waals surface area contributed by atoms with Gasteiger partial charge < -0.3 is 14.6 Å². The zero-order valence-corrected chi connectivity index (χ0v) is 18.2. The lowest BCUT2D eigenvalue weighted by Gasteiger charge is -2.32. The number of pyridine rings is 2. The largest absolute Gasteiger partial charge is 0.451 e. The first-order chi connectivity index (χ1) is 16.1. The second-order valence-electron chi connectivity index (χ2n) is 8.22. The van der Waals surface area contributed by atoms with Crippen LogP contribution >= 0.6 is 0 Å². The number of carbonyl (C=O) groups is 1. The number of hydrogen-bond acceptors (Lipinski definition) is 7. The molecule has 0 spiro atoms. The number of amides is 1. The lowest BCUT2D eigenvalue weighted by Crippen LogP contribution is -2.34. The summed E-state index contributed by atoms with van der Waals surface area (Å²) >= 11 is 0. The van der Waals surface area contributed by atoms with Gasteiger partial charge in [0.2, 0.25) is 0 Å². The van der Waals surface area contributed by atoms with Crippen molar-refractivity contribution < 1.29 is 13.6 Å². The van der Waals surface area contributed by atoms with Gasteiger partial charge >= 0.3 is 0 Å². The molecule has 1 aliphatic heterocycles. The van der Waals surface area contributed by atoms with Crippen LogP contribution in [0.4, 0.5) is 10.2 Å². The van der Waals surface area contributed by atoms with E-state index in [1.807, 2.05) is 19.4 Å². The van der Waals surface area contributed by atoms with Crippen LogP contribution in [0.1, 0.15) is 34.8 Å². The molecule has 4 aromatic heterocycles. The number of nitrogens with zero attached hydrogens (tertiary/aromatic N) is 6. The first kappa shape index (κ1) is 21.2. The topological polar surface area (TPSA) is 102 Å². The van der Waals surface area contributed by atoms with Crippen LogP contribution in [0.5, 0.6) is 0 Å². The van der Waals surface area contributed by atoms with E-state index in [9.17, 15) is 9.18 Å². The Balaban J connectivity index is 1.49. The highest BCUT2D eigenvalue weighted by atomic mass is 19.1. The van der Waals surface area contributed by atoms with Crippen molar-refractivity contribution in [1.82, 2.24) is 29.6 Å². The Kier molecular flexibility index (Phi) is 5.82. The third-order valence-electron chi connectivity index (χ3n) is 6.04. The molecule has 1 N–H and O–H groups in total. The molecule has 0 radical (unpaired) electrons. The van der Waals surface area contributed by atoms with Crippen LogP contribution in [0.3, 0.4) is 0 Å². The fourth-order valence-corrected chi connectivity index (χ4v) is 4.33. The molecule has 5 rings (SSSR count). The summed E-state index contributed by atoms with van der Waals surface area (Å²) in [6.45, 7) is 1.91. The molecule has 4 aromatic rings. The van der Waals surface area contributed by atoms with Crippen LogP contribution in [-0.2, 0) is 7.05 Å².